The fourth-order valence-electron chi connectivity index (χ4n) is 4.17. The molecular weight excluding hydrogens is 346 g/mol. The van der Waals surface area contributed by atoms with Gasteiger partial charge in [-0.15, -0.1) is 5.11 Å². The highest BCUT2D eigenvalue weighted by Gasteiger charge is 2.66. The molecule has 0 bridgehead atoms. The van der Waals surface area contributed by atoms with Gasteiger partial charge in [0.25, 0.3) is 0 Å². The van der Waals surface area contributed by atoms with Gasteiger partial charge in [-0.25, -0.2) is 9.59 Å². The maximum atomic E-state index is 12.4. The van der Waals surface area contributed by atoms with E-state index < -0.39 is 23.0 Å². The number of nitrogens with zero attached hydrogens (tertiary/aromatic N) is 2. The minimum absolute atomic E-state index is 0.106. The Balaban J connectivity index is 3.26. The number of carbonyl (C=O) groups is 2. The van der Waals surface area contributed by atoms with Crippen LogP contribution in [0.1, 0.15) is 91.9 Å². The first-order valence-corrected chi connectivity index (χ1v) is 10.5. The molecule has 1 aliphatic rings. The van der Waals surface area contributed by atoms with Crippen LogP contribution in [-0.4, -0.2) is 33.2 Å². The standard InChI is InChI=1S/C20H37N3O4/c1-5-9-11-15(7-3)13-19(17(24)25)20(18(26)27,22-23-21-19)14-16(8-4)12-10-6-2/h15-16H,5-14H2,1-4H3,(H,21,22)(H,24,25)(H,26,27). The summed E-state index contributed by atoms with van der Waals surface area (Å²) in [5.74, 6) is -2.14. The molecule has 0 saturated carbocycles. The van der Waals surface area contributed by atoms with E-state index >= 15 is 0 Å². The molecule has 7 nitrogen and oxygen atoms in total. The molecule has 156 valence electrons. The Hall–Kier alpha value is -1.66. The van der Waals surface area contributed by atoms with Crippen molar-refractivity contribution < 1.29 is 19.8 Å². The predicted molar refractivity (Wildman–Crippen MR) is 105 cm³/mol. The van der Waals surface area contributed by atoms with Crippen LogP contribution in [0, 0.1) is 11.8 Å². The Kier molecular flexibility index (Phi) is 9.19. The lowest BCUT2D eigenvalue weighted by Crippen LogP contribution is -2.67. The van der Waals surface area contributed by atoms with Crippen LogP contribution in [0.15, 0.2) is 10.3 Å². The molecule has 3 N–H and O–H groups in total. The molecule has 0 saturated heterocycles. The summed E-state index contributed by atoms with van der Waals surface area (Å²) in [6.45, 7) is 8.24. The van der Waals surface area contributed by atoms with Crippen molar-refractivity contribution in [1.82, 2.24) is 5.43 Å². The number of hydrogen-bond acceptors (Lipinski definition) is 5. The van der Waals surface area contributed by atoms with Crippen molar-refractivity contribution in [3.63, 3.8) is 0 Å². The molecule has 27 heavy (non-hydrogen) atoms. The number of aliphatic carboxylic acids is 2. The van der Waals surface area contributed by atoms with Gasteiger partial charge in [0.1, 0.15) is 0 Å². The van der Waals surface area contributed by atoms with E-state index in [-0.39, 0.29) is 24.7 Å². The van der Waals surface area contributed by atoms with Gasteiger partial charge < -0.3 is 10.2 Å². The number of unbranched alkanes of at least 4 members (excludes halogenated alkanes) is 2. The lowest BCUT2D eigenvalue weighted by Gasteiger charge is -2.39. The number of carboxylic acids is 2. The van der Waals surface area contributed by atoms with Crippen LogP contribution in [0.2, 0.25) is 0 Å². The summed E-state index contributed by atoms with van der Waals surface area (Å²) in [7, 11) is 0. The van der Waals surface area contributed by atoms with Gasteiger partial charge in [-0.1, -0.05) is 84.3 Å². The molecular formula is C20H37N3O4. The maximum absolute atomic E-state index is 12.4. The van der Waals surface area contributed by atoms with Crippen LogP contribution >= 0.6 is 0 Å². The first kappa shape index (κ1) is 23.4. The normalized spacial score (nSPS) is 26.5. The zero-order valence-corrected chi connectivity index (χ0v) is 17.3. The minimum Gasteiger partial charge on any atom is -0.479 e. The molecule has 7 heteroatoms. The summed E-state index contributed by atoms with van der Waals surface area (Å²) in [5, 5.41) is 28.1. The van der Waals surface area contributed by atoms with Crippen LogP contribution in [0.3, 0.4) is 0 Å². The second-order valence-corrected chi connectivity index (χ2v) is 7.93. The molecule has 0 radical (unpaired) electrons. The average molecular weight is 384 g/mol. The van der Waals surface area contributed by atoms with Crippen molar-refractivity contribution >= 4 is 11.9 Å². The molecule has 0 aliphatic carbocycles. The summed E-state index contributed by atoms with van der Waals surface area (Å²) >= 11 is 0. The smallest absolute Gasteiger partial charge is 0.336 e. The largest absolute Gasteiger partial charge is 0.479 e. The summed E-state index contributed by atoms with van der Waals surface area (Å²) in [6, 6.07) is 0. The zero-order valence-electron chi connectivity index (χ0n) is 17.3. The molecule has 0 aromatic carbocycles. The van der Waals surface area contributed by atoms with Crippen molar-refractivity contribution in [1.29, 1.82) is 0 Å². The van der Waals surface area contributed by atoms with Gasteiger partial charge in [0, 0.05) is 0 Å². The van der Waals surface area contributed by atoms with Gasteiger partial charge in [0.05, 0.1) is 0 Å². The number of carboxylic acid groups (broad SMARTS) is 2. The van der Waals surface area contributed by atoms with Crippen molar-refractivity contribution in [3.8, 4) is 0 Å². The third-order valence-corrected chi connectivity index (χ3v) is 6.15. The van der Waals surface area contributed by atoms with E-state index in [1.165, 1.54) is 0 Å². The molecule has 4 unspecified atom stereocenters. The number of nitrogens with one attached hydrogen (secondary N) is 1. The van der Waals surface area contributed by atoms with E-state index in [2.05, 4.69) is 29.6 Å². The van der Waals surface area contributed by atoms with Crippen LogP contribution < -0.4 is 5.43 Å². The monoisotopic (exact) mass is 383 g/mol. The van der Waals surface area contributed by atoms with Gasteiger partial charge >= 0.3 is 11.9 Å². The Morgan fingerprint density at radius 2 is 1.41 bits per heavy atom. The zero-order chi connectivity index (χ0) is 20.5. The fraction of sp³-hybridized carbons (Fsp3) is 0.900. The third kappa shape index (κ3) is 4.99. The van der Waals surface area contributed by atoms with E-state index in [0.29, 0.717) is 0 Å². The second kappa shape index (κ2) is 10.6. The highest BCUT2D eigenvalue weighted by atomic mass is 16.4. The molecule has 0 spiro atoms. The lowest BCUT2D eigenvalue weighted by atomic mass is 9.67. The van der Waals surface area contributed by atoms with E-state index in [4.69, 9.17) is 0 Å². The Labute approximate surface area is 163 Å². The molecule has 0 aromatic rings. The van der Waals surface area contributed by atoms with Gasteiger partial charge in [-0.05, 0) is 24.7 Å². The van der Waals surface area contributed by atoms with Gasteiger partial charge in [-0.2, -0.15) is 0 Å². The first-order chi connectivity index (χ1) is 12.8. The molecule has 4 atom stereocenters. The summed E-state index contributed by atoms with van der Waals surface area (Å²) in [5.41, 5.74) is -0.798. The van der Waals surface area contributed by atoms with E-state index in [1.54, 1.807) is 0 Å². The SMILES string of the molecule is CCCCC(CC)CC1(C(=O)O)N=NNC1(CC(CC)CCCC)C(=O)O. The molecule has 0 amide bonds. The van der Waals surface area contributed by atoms with Crippen LogP contribution in [-0.2, 0) is 9.59 Å². The second-order valence-electron chi connectivity index (χ2n) is 7.93. The van der Waals surface area contributed by atoms with Gasteiger partial charge in [0.2, 0.25) is 5.54 Å². The van der Waals surface area contributed by atoms with Crippen molar-refractivity contribution in [3.05, 3.63) is 0 Å². The average Bonchev–Trinajstić information content (AvgIpc) is 3.02. The maximum Gasteiger partial charge on any atom is 0.336 e. The van der Waals surface area contributed by atoms with E-state index in [1.807, 2.05) is 13.8 Å². The van der Waals surface area contributed by atoms with Crippen LogP contribution in [0.4, 0.5) is 0 Å². The van der Waals surface area contributed by atoms with Crippen LogP contribution in [0.5, 0.6) is 0 Å². The number of hydrogen-bond donors (Lipinski definition) is 3. The molecule has 1 heterocycles. The molecule has 1 aliphatic heterocycles. The van der Waals surface area contributed by atoms with Crippen molar-refractivity contribution in [2.45, 2.75) is 103 Å². The highest BCUT2D eigenvalue weighted by molar-refractivity contribution is 5.93. The number of rotatable bonds is 14. The van der Waals surface area contributed by atoms with E-state index in [9.17, 15) is 19.8 Å². The predicted octanol–water partition coefficient (Wildman–Crippen LogP) is 4.82. The quantitative estimate of drug-likeness (QED) is 0.398. The molecule has 1 rings (SSSR count). The van der Waals surface area contributed by atoms with Crippen LogP contribution in [0.25, 0.3) is 0 Å². The van der Waals surface area contributed by atoms with Crippen molar-refractivity contribution in [2.24, 2.45) is 22.2 Å². The fourth-order valence-corrected chi connectivity index (χ4v) is 4.17. The molecule has 0 aromatic heterocycles. The lowest BCUT2D eigenvalue weighted by molar-refractivity contribution is -0.159. The summed E-state index contributed by atoms with van der Waals surface area (Å²) < 4.78 is 0. The Morgan fingerprint density at radius 3 is 1.81 bits per heavy atom. The van der Waals surface area contributed by atoms with Crippen molar-refractivity contribution in [2.75, 3.05) is 0 Å². The minimum atomic E-state index is -1.76. The molecule has 0 fully saturated rings. The Morgan fingerprint density at radius 1 is 0.889 bits per heavy atom. The third-order valence-electron chi connectivity index (χ3n) is 6.15. The van der Waals surface area contributed by atoms with Gasteiger partial charge in [0.15, 0.2) is 5.54 Å². The topological polar surface area (TPSA) is 111 Å². The summed E-state index contributed by atoms with van der Waals surface area (Å²) in [6.07, 6.45) is 7.82. The first-order valence-electron chi connectivity index (χ1n) is 10.5. The Bertz CT molecular complexity index is 525. The summed E-state index contributed by atoms with van der Waals surface area (Å²) in [4.78, 5) is 24.8. The highest BCUT2D eigenvalue weighted by Crippen LogP contribution is 2.44. The van der Waals surface area contributed by atoms with E-state index in [0.717, 1.165) is 51.4 Å². The van der Waals surface area contributed by atoms with Gasteiger partial charge in [-0.3, -0.25) is 5.43 Å².